The highest BCUT2D eigenvalue weighted by Crippen LogP contribution is 2.48. The van der Waals surface area contributed by atoms with E-state index < -0.39 is 40.7 Å². The molecule has 2 atom stereocenters. The third kappa shape index (κ3) is 12.4. The molecule has 312 valence electrons. The van der Waals surface area contributed by atoms with E-state index in [-0.39, 0.29) is 36.5 Å². The molecule has 0 spiro atoms. The molecular formula is C50H49N3O6S2. The van der Waals surface area contributed by atoms with Crippen LogP contribution in [0.1, 0.15) is 45.6 Å². The van der Waals surface area contributed by atoms with E-state index >= 15 is 0 Å². The van der Waals surface area contributed by atoms with Gasteiger partial charge in [-0.3, -0.25) is 14.4 Å². The zero-order valence-electron chi connectivity index (χ0n) is 33.9. The van der Waals surface area contributed by atoms with Crippen molar-refractivity contribution in [3.63, 3.8) is 0 Å². The van der Waals surface area contributed by atoms with Gasteiger partial charge in [0.05, 0.1) is 16.6 Å². The van der Waals surface area contributed by atoms with Crippen LogP contribution in [0, 0.1) is 0 Å². The molecule has 6 aromatic carbocycles. The third-order valence-electron chi connectivity index (χ3n) is 9.81. The summed E-state index contributed by atoms with van der Waals surface area (Å²) in [5.74, 6) is -1.57. The Bertz CT molecular complexity index is 2140. The van der Waals surface area contributed by atoms with Gasteiger partial charge in [-0.25, -0.2) is 4.79 Å². The number of thioether (sulfide) groups is 2. The van der Waals surface area contributed by atoms with Gasteiger partial charge in [-0.2, -0.15) is 0 Å². The summed E-state index contributed by atoms with van der Waals surface area (Å²) in [7, 11) is 0. The second-order valence-electron chi connectivity index (χ2n) is 14.0. The first kappa shape index (κ1) is 44.3. The molecule has 3 N–H and O–H groups in total. The van der Waals surface area contributed by atoms with Gasteiger partial charge in [0.25, 0.3) is 0 Å². The summed E-state index contributed by atoms with van der Waals surface area (Å²) in [4.78, 5) is 54.7. The van der Waals surface area contributed by atoms with Crippen molar-refractivity contribution in [1.29, 1.82) is 0 Å². The molecule has 0 saturated carbocycles. The third-order valence-corrected chi connectivity index (χ3v) is 12.9. The fourth-order valence-electron chi connectivity index (χ4n) is 6.85. The van der Waals surface area contributed by atoms with Crippen LogP contribution in [-0.4, -0.2) is 60.6 Å². The van der Waals surface area contributed by atoms with Crippen LogP contribution < -0.4 is 16.0 Å². The number of benzene rings is 6. The van der Waals surface area contributed by atoms with Crippen molar-refractivity contribution in [2.45, 2.75) is 35.6 Å². The van der Waals surface area contributed by atoms with E-state index in [0.29, 0.717) is 0 Å². The lowest BCUT2D eigenvalue weighted by atomic mass is 9.84. The zero-order valence-corrected chi connectivity index (χ0v) is 35.5. The van der Waals surface area contributed by atoms with Gasteiger partial charge in [-0.05, 0) is 40.3 Å². The monoisotopic (exact) mass is 851 g/mol. The van der Waals surface area contributed by atoms with Crippen LogP contribution in [-0.2, 0) is 35.2 Å². The second kappa shape index (κ2) is 22.9. The molecule has 3 amide bonds. The number of carbonyl (C=O) groups excluding carboxylic acids is 4. The molecule has 2 unspecified atom stereocenters. The second-order valence-corrected chi connectivity index (χ2v) is 16.3. The fraction of sp³-hybridized carbons (Fsp3) is 0.200. The van der Waals surface area contributed by atoms with Gasteiger partial charge in [0.1, 0.15) is 25.2 Å². The molecule has 0 saturated heterocycles. The number of nitrogens with one attached hydrogen (secondary N) is 3. The predicted molar refractivity (Wildman–Crippen MR) is 244 cm³/mol. The topological polar surface area (TPSA) is 123 Å². The van der Waals surface area contributed by atoms with Crippen LogP contribution >= 0.6 is 23.5 Å². The van der Waals surface area contributed by atoms with E-state index in [0.717, 1.165) is 33.4 Å². The number of alkyl carbamates (subject to hydrolysis) is 1. The van der Waals surface area contributed by atoms with Crippen LogP contribution in [0.4, 0.5) is 4.79 Å². The summed E-state index contributed by atoms with van der Waals surface area (Å²) in [6, 6.07) is 56.9. The maximum atomic E-state index is 14.7. The van der Waals surface area contributed by atoms with Gasteiger partial charge in [0, 0.05) is 11.5 Å². The predicted octanol–water partition coefficient (Wildman–Crippen LogP) is 8.69. The molecule has 0 aromatic heterocycles. The van der Waals surface area contributed by atoms with E-state index in [4.69, 9.17) is 9.47 Å². The van der Waals surface area contributed by atoms with E-state index in [1.165, 1.54) is 23.5 Å². The highest BCUT2D eigenvalue weighted by atomic mass is 32.2. The summed E-state index contributed by atoms with van der Waals surface area (Å²) in [6.07, 6.45) is -0.783. The number of carbonyl (C=O) groups is 4. The first-order valence-corrected chi connectivity index (χ1v) is 22.1. The molecular weight excluding hydrogens is 803 g/mol. The van der Waals surface area contributed by atoms with Crippen molar-refractivity contribution in [2.75, 3.05) is 24.7 Å². The summed E-state index contributed by atoms with van der Waals surface area (Å²) in [5.41, 5.74) is 5.75. The Balaban J connectivity index is 1.32. The average molecular weight is 852 g/mol. The van der Waals surface area contributed by atoms with Crippen LogP contribution in [0.3, 0.4) is 0 Å². The summed E-state index contributed by atoms with van der Waals surface area (Å²) in [5, 5.41) is 8.28. The Morgan fingerprint density at radius 1 is 0.541 bits per heavy atom. The van der Waals surface area contributed by atoms with Crippen LogP contribution in [0.15, 0.2) is 182 Å². The van der Waals surface area contributed by atoms with Crippen LogP contribution in [0.2, 0.25) is 0 Å². The molecule has 6 rings (SSSR count). The standard InChI is InChI=1S/C50H49N3O6S2/c1-2-58-45(54)33-51-47(55)44(36-61-50(40-27-15-6-16-28-40,41-29-17-7-18-30-41)42-31-19-8-20-32-42)52-48(56)43(53-49(57)59-34-37-21-9-3-10-22-37)35-60-46(38-23-11-4-12-24-38)39-25-13-5-14-26-39/h3-32,43-44,46H,2,33-36H2,1H3,(H,51,55)(H,52,56)(H,53,57). The van der Waals surface area contributed by atoms with Gasteiger partial charge < -0.3 is 25.4 Å². The Kier molecular flexibility index (Phi) is 16.6. The van der Waals surface area contributed by atoms with E-state index in [1.54, 1.807) is 6.92 Å². The Labute approximate surface area is 366 Å². The summed E-state index contributed by atoms with van der Waals surface area (Å²) >= 11 is 2.97. The molecule has 0 bridgehead atoms. The normalized spacial score (nSPS) is 12.1. The molecule has 6 aromatic rings. The van der Waals surface area contributed by atoms with Crippen molar-refractivity contribution in [1.82, 2.24) is 16.0 Å². The lowest BCUT2D eigenvalue weighted by Gasteiger charge is -2.36. The van der Waals surface area contributed by atoms with Crippen molar-refractivity contribution in [3.8, 4) is 0 Å². The number of hydrogen-bond acceptors (Lipinski definition) is 8. The average Bonchev–Trinajstić information content (AvgIpc) is 3.31. The maximum Gasteiger partial charge on any atom is 0.408 e. The number of esters is 1. The number of rotatable bonds is 20. The largest absolute Gasteiger partial charge is 0.465 e. The molecule has 0 aliphatic heterocycles. The number of hydrogen-bond donors (Lipinski definition) is 3. The molecule has 11 heteroatoms. The molecule has 0 aliphatic carbocycles. The van der Waals surface area contributed by atoms with Gasteiger partial charge in [0.2, 0.25) is 11.8 Å². The first-order chi connectivity index (χ1) is 29.9. The van der Waals surface area contributed by atoms with Crippen molar-refractivity contribution in [3.05, 3.63) is 215 Å². The zero-order chi connectivity index (χ0) is 42.7. The Morgan fingerprint density at radius 3 is 1.46 bits per heavy atom. The lowest BCUT2D eigenvalue weighted by Crippen LogP contribution is -2.56. The fourth-order valence-corrected chi connectivity index (χ4v) is 9.73. The molecule has 0 heterocycles. The van der Waals surface area contributed by atoms with Gasteiger partial charge in [0.15, 0.2) is 0 Å². The lowest BCUT2D eigenvalue weighted by molar-refractivity contribution is -0.143. The summed E-state index contributed by atoms with van der Waals surface area (Å²) in [6.45, 7) is 1.45. The highest BCUT2D eigenvalue weighted by Gasteiger charge is 2.39. The van der Waals surface area contributed by atoms with E-state index in [2.05, 4.69) is 52.3 Å². The van der Waals surface area contributed by atoms with Crippen molar-refractivity contribution >= 4 is 47.4 Å². The molecule has 0 radical (unpaired) electrons. The minimum absolute atomic E-state index is 0.000875. The van der Waals surface area contributed by atoms with Gasteiger partial charge in [-0.15, -0.1) is 23.5 Å². The van der Waals surface area contributed by atoms with E-state index in [1.807, 2.05) is 146 Å². The molecule has 0 aliphatic rings. The first-order valence-electron chi connectivity index (χ1n) is 20.1. The molecule has 0 fully saturated rings. The van der Waals surface area contributed by atoms with Gasteiger partial charge in [-0.1, -0.05) is 182 Å². The van der Waals surface area contributed by atoms with Gasteiger partial charge >= 0.3 is 12.1 Å². The SMILES string of the molecule is CCOC(=O)CNC(=O)C(CSC(c1ccccc1)(c1ccccc1)c1ccccc1)NC(=O)C(CSC(c1ccccc1)c1ccccc1)NC(=O)OCc1ccccc1. The minimum Gasteiger partial charge on any atom is -0.465 e. The number of amides is 3. The maximum absolute atomic E-state index is 14.7. The van der Waals surface area contributed by atoms with E-state index in [9.17, 15) is 19.2 Å². The highest BCUT2D eigenvalue weighted by molar-refractivity contribution is 8.00. The Morgan fingerprint density at radius 2 is 0.984 bits per heavy atom. The molecule has 61 heavy (non-hydrogen) atoms. The number of ether oxygens (including phenoxy) is 2. The van der Waals surface area contributed by atoms with Crippen LogP contribution in [0.25, 0.3) is 0 Å². The Hall–Kier alpha value is -6.30. The minimum atomic E-state index is -1.16. The smallest absolute Gasteiger partial charge is 0.408 e. The van der Waals surface area contributed by atoms with Crippen molar-refractivity contribution < 1.29 is 28.7 Å². The quantitative estimate of drug-likeness (QED) is 0.0516. The summed E-state index contributed by atoms with van der Waals surface area (Å²) < 4.78 is 9.87. The van der Waals surface area contributed by atoms with Crippen LogP contribution in [0.5, 0.6) is 0 Å². The van der Waals surface area contributed by atoms with Crippen molar-refractivity contribution in [2.24, 2.45) is 0 Å². The molecule has 9 nitrogen and oxygen atoms in total.